The van der Waals surface area contributed by atoms with Crippen molar-refractivity contribution < 1.29 is 4.74 Å². The van der Waals surface area contributed by atoms with Crippen molar-refractivity contribution in [2.45, 2.75) is 0 Å². The van der Waals surface area contributed by atoms with E-state index in [0.717, 1.165) is 39.3 Å². The Morgan fingerprint density at radius 2 is 1.91 bits per heavy atom. The lowest BCUT2D eigenvalue weighted by Gasteiger charge is -2.32. The van der Waals surface area contributed by atoms with Crippen molar-refractivity contribution in [2.75, 3.05) is 46.4 Å². The number of piperazine rings is 1. The molecule has 1 heterocycles. The first-order valence-electron chi connectivity index (χ1n) is 4.04. The molecule has 1 aliphatic heterocycles. The Balaban J connectivity index is 2.07. The van der Waals surface area contributed by atoms with Crippen molar-refractivity contribution in [1.82, 2.24) is 9.71 Å². The topological polar surface area (TPSA) is 15.7 Å². The first-order chi connectivity index (χ1) is 5.33. The average Bonchev–Trinajstić information content (AvgIpc) is 2.04. The molecule has 0 bridgehead atoms. The monoisotopic (exact) mass is 154 g/mol. The van der Waals surface area contributed by atoms with Gasteiger partial charge in [0.1, 0.15) is 0 Å². The van der Waals surface area contributed by atoms with E-state index in [-0.39, 0.29) is 0 Å². The highest BCUT2D eigenvalue weighted by atomic mass is 16.5. The van der Waals surface area contributed by atoms with Gasteiger partial charge in [-0.1, -0.05) is 0 Å². The van der Waals surface area contributed by atoms with Crippen molar-refractivity contribution in [3.8, 4) is 0 Å². The highest BCUT2D eigenvalue weighted by Crippen LogP contribution is 1.97. The van der Waals surface area contributed by atoms with E-state index in [1.807, 2.05) is 4.81 Å². The Bertz CT molecular complexity index is 102. The summed E-state index contributed by atoms with van der Waals surface area (Å²) in [5.74, 6) is 0. The van der Waals surface area contributed by atoms with E-state index in [1.165, 1.54) is 0 Å². The fourth-order valence-electron chi connectivity index (χ4n) is 1.21. The third-order valence-corrected chi connectivity index (χ3v) is 2.02. The Morgan fingerprint density at radius 1 is 1.27 bits per heavy atom. The molecule has 1 aliphatic rings. The minimum absolute atomic E-state index is 0.824. The van der Waals surface area contributed by atoms with Crippen LogP contribution in [0.15, 0.2) is 0 Å². The van der Waals surface area contributed by atoms with E-state index in [4.69, 9.17) is 12.7 Å². The van der Waals surface area contributed by atoms with Gasteiger partial charge < -0.3 is 9.55 Å². The first kappa shape index (κ1) is 9.04. The molecule has 3 nitrogen and oxygen atoms in total. The summed E-state index contributed by atoms with van der Waals surface area (Å²) in [5, 5.41) is 0. The van der Waals surface area contributed by atoms with Crippen LogP contribution in [0, 0.1) is 0 Å². The molecule has 4 heteroatoms. The van der Waals surface area contributed by atoms with Crippen LogP contribution >= 0.6 is 0 Å². The molecule has 0 unspecified atom stereocenters. The maximum absolute atomic E-state index is 5.60. The second-order valence-corrected chi connectivity index (χ2v) is 2.87. The van der Waals surface area contributed by atoms with Crippen LogP contribution in [0.5, 0.6) is 0 Å². The van der Waals surface area contributed by atoms with Crippen LogP contribution in [0.3, 0.4) is 0 Å². The van der Waals surface area contributed by atoms with Gasteiger partial charge in [0.2, 0.25) is 0 Å². The molecule has 0 atom stereocenters. The van der Waals surface area contributed by atoms with E-state index in [9.17, 15) is 0 Å². The maximum Gasteiger partial charge on any atom is 0.182 e. The summed E-state index contributed by atoms with van der Waals surface area (Å²) >= 11 is 0. The second kappa shape index (κ2) is 4.75. The predicted molar refractivity (Wildman–Crippen MR) is 45.6 cm³/mol. The largest absolute Gasteiger partial charge is 0.383 e. The zero-order valence-corrected chi connectivity index (χ0v) is 7.12. The van der Waals surface area contributed by atoms with Crippen LogP contribution in [0.25, 0.3) is 0 Å². The third-order valence-electron chi connectivity index (χ3n) is 2.02. The lowest BCUT2D eigenvalue weighted by atomic mass is 10.2. The van der Waals surface area contributed by atoms with E-state index < -0.39 is 0 Å². The van der Waals surface area contributed by atoms with Crippen molar-refractivity contribution in [2.24, 2.45) is 0 Å². The number of nitrogens with zero attached hydrogens (tertiary/aromatic N) is 2. The number of rotatable bonds is 3. The van der Waals surface area contributed by atoms with E-state index in [1.54, 1.807) is 7.11 Å². The summed E-state index contributed by atoms with van der Waals surface area (Å²) in [4.78, 5) is 4.23. The van der Waals surface area contributed by atoms with Crippen LogP contribution in [0.1, 0.15) is 0 Å². The molecule has 0 aromatic carbocycles. The minimum atomic E-state index is 0.824. The van der Waals surface area contributed by atoms with Gasteiger partial charge >= 0.3 is 0 Å². The molecule has 0 N–H and O–H groups in total. The molecular weight excluding hydrogens is 139 g/mol. The van der Waals surface area contributed by atoms with E-state index in [2.05, 4.69) is 4.90 Å². The van der Waals surface area contributed by atoms with Gasteiger partial charge in [-0.05, 0) is 13.1 Å². The van der Waals surface area contributed by atoms with Crippen LogP contribution in [-0.4, -0.2) is 64.1 Å². The molecule has 11 heavy (non-hydrogen) atoms. The molecule has 1 rings (SSSR count). The van der Waals surface area contributed by atoms with Crippen molar-refractivity contribution >= 4 is 7.98 Å². The molecule has 0 saturated carbocycles. The molecule has 62 valence electrons. The van der Waals surface area contributed by atoms with Crippen molar-refractivity contribution in [1.29, 1.82) is 0 Å². The smallest absolute Gasteiger partial charge is 0.182 e. The number of methoxy groups -OCH3 is 1. The summed E-state index contributed by atoms with van der Waals surface area (Å²) in [6.07, 6.45) is 0. The van der Waals surface area contributed by atoms with Gasteiger partial charge in [-0.15, -0.1) is 0 Å². The molecule has 0 aliphatic carbocycles. The standard InChI is InChI=1S/C7H15BN2O/c1-11-7-6-9-2-4-10(8)5-3-9/h2-7H2,1H3. The number of hydrogen-bond donors (Lipinski definition) is 0. The SMILES string of the molecule is [B]N1CCN(CCOC)CC1. The second-order valence-electron chi connectivity index (χ2n) is 2.87. The normalized spacial score (nSPS) is 22.3. The van der Waals surface area contributed by atoms with Gasteiger partial charge in [0.15, 0.2) is 7.98 Å². The molecular formula is C7H15BN2O. The Kier molecular flexibility index (Phi) is 3.90. The molecule has 1 fully saturated rings. The highest BCUT2D eigenvalue weighted by Gasteiger charge is 2.11. The zero-order valence-electron chi connectivity index (χ0n) is 7.12. The highest BCUT2D eigenvalue weighted by molar-refractivity contribution is 6.04. The lowest BCUT2D eigenvalue weighted by Crippen LogP contribution is -2.46. The fourth-order valence-corrected chi connectivity index (χ4v) is 1.21. The van der Waals surface area contributed by atoms with Crippen LogP contribution < -0.4 is 0 Å². The van der Waals surface area contributed by atoms with Gasteiger partial charge in [-0.3, -0.25) is 4.90 Å². The van der Waals surface area contributed by atoms with Crippen LogP contribution in [0.2, 0.25) is 0 Å². The molecule has 1 saturated heterocycles. The van der Waals surface area contributed by atoms with Crippen molar-refractivity contribution in [3.05, 3.63) is 0 Å². The van der Waals surface area contributed by atoms with Gasteiger partial charge in [0.05, 0.1) is 6.61 Å². The van der Waals surface area contributed by atoms with E-state index in [0.29, 0.717) is 0 Å². The van der Waals surface area contributed by atoms with Gasteiger partial charge in [-0.2, -0.15) is 0 Å². The zero-order chi connectivity index (χ0) is 8.10. The maximum atomic E-state index is 5.60. The summed E-state index contributed by atoms with van der Waals surface area (Å²) in [6.45, 7) is 5.95. The average molecular weight is 154 g/mol. The molecule has 0 spiro atoms. The van der Waals surface area contributed by atoms with Crippen LogP contribution in [-0.2, 0) is 4.74 Å². The number of ether oxygens (including phenoxy) is 1. The van der Waals surface area contributed by atoms with Gasteiger partial charge in [-0.25, -0.2) is 0 Å². The summed E-state index contributed by atoms with van der Waals surface area (Å²) in [5.41, 5.74) is 0. The molecule has 0 aromatic rings. The molecule has 0 aromatic heterocycles. The minimum Gasteiger partial charge on any atom is -0.383 e. The number of hydrogen-bond acceptors (Lipinski definition) is 3. The third kappa shape index (κ3) is 3.23. The van der Waals surface area contributed by atoms with Gasteiger partial charge in [0.25, 0.3) is 0 Å². The predicted octanol–water partition coefficient (Wildman–Crippen LogP) is -0.666. The fraction of sp³-hybridized carbons (Fsp3) is 1.00. The first-order valence-corrected chi connectivity index (χ1v) is 4.04. The lowest BCUT2D eigenvalue weighted by molar-refractivity contribution is 0.124. The Labute approximate surface area is 69.7 Å². The summed E-state index contributed by atoms with van der Waals surface area (Å²) in [6, 6.07) is 0. The van der Waals surface area contributed by atoms with Crippen LogP contribution in [0.4, 0.5) is 0 Å². The quantitative estimate of drug-likeness (QED) is 0.501. The molecule has 0 amide bonds. The molecule has 2 radical (unpaired) electrons. The van der Waals surface area contributed by atoms with Gasteiger partial charge in [0, 0.05) is 26.7 Å². The summed E-state index contributed by atoms with van der Waals surface area (Å²) in [7, 11) is 7.34. The van der Waals surface area contributed by atoms with E-state index >= 15 is 0 Å². The Morgan fingerprint density at radius 3 is 2.45 bits per heavy atom. The van der Waals surface area contributed by atoms with Crippen molar-refractivity contribution in [3.63, 3.8) is 0 Å². The summed E-state index contributed by atoms with van der Waals surface area (Å²) < 4.78 is 4.98. The Hall–Kier alpha value is -0.0551.